The number of hydrogen-bond donors (Lipinski definition) is 2. The topological polar surface area (TPSA) is 62.7 Å². The molecule has 5 nitrogen and oxygen atoms in total. The van der Waals surface area contributed by atoms with Gasteiger partial charge in [0, 0.05) is 12.7 Å². The molecule has 0 saturated carbocycles. The molecule has 0 saturated heterocycles. The van der Waals surface area contributed by atoms with Crippen LogP contribution in [0.1, 0.15) is 11.1 Å². The van der Waals surface area contributed by atoms with Crippen LogP contribution in [0.25, 0.3) is 11.0 Å². The predicted octanol–water partition coefficient (Wildman–Crippen LogP) is 3.39. The minimum Gasteiger partial charge on any atom is -0.364 e. The second-order valence-corrected chi connectivity index (χ2v) is 5.89. The summed E-state index contributed by atoms with van der Waals surface area (Å²) in [4.78, 5) is 19.7. The monoisotopic (exact) mass is 330 g/mol. The second-order valence-electron chi connectivity index (χ2n) is 5.89. The van der Waals surface area contributed by atoms with E-state index in [9.17, 15) is 4.79 Å². The molecule has 2 heterocycles. The number of hydrogen-bond acceptors (Lipinski definition) is 3. The third-order valence-corrected chi connectivity index (χ3v) is 4.18. The van der Waals surface area contributed by atoms with Crippen molar-refractivity contribution in [3.05, 3.63) is 94.5 Å². The predicted molar refractivity (Wildman–Crippen MR) is 99.7 cm³/mol. The van der Waals surface area contributed by atoms with E-state index in [1.165, 1.54) is 0 Å². The van der Waals surface area contributed by atoms with Crippen LogP contribution in [0.5, 0.6) is 0 Å². The van der Waals surface area contributed by atoms with Crippen LogP contribution >= 0.6 is 0 Å². The maximum absolute atomic E-state index is 12.4. The lowest BCUT2D eigenvalue weighted by Crippen LogP contribution is -2.17. The first-order chi connectivity index (χ1) is 12.3. The van der Waals surface area contributed by atoms with Gasteiger partial charge in [-0.05, 0) is 17.2 Å². The average molecular weight is 330 g/mol. The van der Waals surface area contributed by atoms with Gasteiger partial charge in [-0.3, -0.25) is 4.57 Å². The summed E-state index contributed by atoms with van der Waals surface area (Å²) in [5.41, 5.74) is 3.70. The fraction of sp³-hybridized carbons (Fsp3) is 0.100. The molecule has 0 unspecified atom stereocenters. The number of benzene rings is 2. The molecule has 4 aromatic rings. The van der Waals surface area contributed by atoms with Crippen LogP contribution in [-0.2, 0) is 13.1 Å². The molecule has 2 aromatic carbocycles. The van der Waals surface area contributed by atoms with Gasteiger partial charge in [-0.1, -0.05) is 60.7 Å². The Labute approximate surface area is 145 Å². The first-order valence-electron chi connectivity index (χ1n) is 8.20. The summed E-state index contributed by atoms with van der Waals surface area (Å²) in [6.45, 7) is 1.18. The molecular formula is C20H18N4O. The largest absolute Gasteiger partial charge is 0.364 e. The zero-order chi connectivity index (χ0) is 17.1. The van der Waals surface area contributed by atoms with Gasteiger partial charge in [0.15, 0.2) is 5.82 Å². The number of aromatic nitrogens is 3. The fourth-order valence-corrected chi connectivity index (χ4v) is 2.92. The van der Waals surface area contributed by atoms with Gasteiger partial charge >= 0.3 is 5.69 Å². The van der Waals surface area contributed by atoms with Gasteiger partial charge in [0.1, 0.15) is 5.52 Å². The number of fused-ring (bicyclic) bond motifs is 1. The van der Waals surface area contributed by atoms with Crippen molar-refractivity contribution in [2.45, 2.75) is 13.1 Å². The van der Waals surface area contributed by atoms with E-state index in [1.807, 2.05) is 54.6 Å². The second kappa shape index (κ2) is 6.65. The van der Waals surface area contributed by atoms with E-state index < -0.39 is 0 Å². The lowest BCUT2D eigenvalue weighted by molar-refractivity contribution is 0.787. The Kier molecular flexibility index (Phi) is 4.04. The first-order valence-corrected chi connectivity index (χ1v) is 8.20. The molecule has 0 aliphatic rings. The SMILES string of the molecule is O=c1[nH]c2c(NCc3ccccc3)nccc2n1Cc1ccccc1. The quantitative estimate of drug-likeness (QED) is 0.590. The molecular weight excluding hydrogens is 312 g/mol. The van der Waals surface area contributed by atoms with Crippen LogP contribution in [0.3, 0.4) is 0 Å². The Morgan fingerprint density at radius 1 is 0.920 bits per heavy atom. The third-order valence-electron chi connectivity index (χ3n) is 4.18. The molecule has 124 valence electrons. The van der Waals surface area contributed by atoms with Crippen molar-refractivity contribution in [1.29, 1.82) is 0 Å². The van der Waals surface area contributed by atoms with Crippen LogP contribution in [-0.4, -0.2) is 14.5 Å². The molecule has 4 rings (SSSR count). The van der Waals surface area contributed by atoms with Gasteiger partial charge in [-0.15, -0.1) is 0 Å². The molecule has 25 heavy (non-hydrogen) atoms. The van der Waals surface area contributed by atoms with Gasteiger partial charge in [0.2, 0.25) is 0 Å². The number of pyridine rings is 1. The van der Waals surface area contributed by atoms with E-state index in [0.717, 1.165) is 22.2 Å². The molecule has 0 amide bonds. The summed E-state index contributed by atoms with van der Waals surface area (Å²) in [5, 5.41) is 3.31. The molecule has 0 radical (unpaired) electrons. The highest BCUT2D eigenvalue weighted by Gasteiger charge is 2.11. The summed E-state index contributed by atoms with van der Waals surface area (Å²) in [7, 11) is 0. The molecule has 0 fully saturated rings. The van der Waals surface area contributed by atoms with Gasteiger partial charge in [-0.25, -0.2) is 9.78 Å². The molecule has 2 N–H and O–H groups in total. The zero-order valence-corrected chi connectivity index (χ0v) is 13.6. The highest BCUT2D eigenvalue weighted by Crippen LogP contribution is 2.19. The average Bonchev–Trinajstić information content (AvgIpc) is 2.98. The van der Waals surface area contributed by atoms with Crippen LogP contribution in [0.2, 0.25) is 0 Å². The van der Waals surface area contributed by atoms with Crippen LogP contribution < -0.4 is 11.0 Å². The summed E-state index contributed by atoms with van der Waals surface area (Å²) < 4.78 is 1.74. The Hall–Kier alpha value is -3.34. The number of rotatable bonds is 5. The smallest absolute Gasteiger partial charge is 0.326 e. The molecule has 0 spiro atoms. The number of H-pyrrole nitrogens is 1. The van der Waals surface area contributed by atoms with E-state index >= 15 is 0 Å². The van der Waals surface area contributed by atoms with Crippen molar-refractivity contribution in [2.24, 2.45) is 0 Å². The summed E-state index contributed by atoms with van der Waals surface area (Å²) in [5.74, 6) is 0.685. The highest BCUT2D eigenvalue weighted by molar-refractivity contribution is 5.85. The molecule has 5 heteroatoms. The number of nitrogens with one attached hydrogen (secondary N) is 2. The summed E-state index contributed by atoms with van der Waals surface area (Å²) in [6.07, 6.45) is 1.73. The molecule has 0 bridgehead atoms. The van der Waals surface area contributed by atoms with Gasteiger partial charge in [0.05, 0.1) is 12.1 Å². The normalized spacial score (nSPS) is 10.9. The molecule has 2 aromatic heterocycles. The van der Waals surface area contributed by atoms with Crippen molar-refractivity contribution in [3.63, 3.8) is 0 Å². The van der Waals surface area contributed by atoms with E-state index in [1.54, 1.807) is 10.8 Å². The maximum atomic E-state index is 12.4. The van der Waals surface area contributed by atoms with Crippen molar-refractivity contribution in [3.8, 4) is 0 Å². The zero-order valence-electron chi connectivity index (χ0n) is 13.6. The van der Waals surface area contributed by atoms with E-state index in [0.29, 0.717) is 18.9 Å². The minimum atomic E-state index is -0.130. The minimum absolute atomic E-state index is 0.130. The highest BCUT2D eigenvalue weighted by atomic mass is 16.1. The number of aromatic amines is 1. The number of imidazole rings is 1. The van der Waals surface area contributed by atoms with E-state index in [4.69, 9.17) is 0 Å². The lowest BCUT2D eigenvalue weighted by atomic mass is 10.2. The van der Waals surface area contributed by atoms with Crippen LogP contribution in [0.15, 0.2) is 77.7 Å². The Bertz CT molecular complexity index is 1040. The molecule has 0 atom stereocenters. The summed E-state index contributed by atoms with van der Waals surface area (Å²) in [6, 6.07) is 21.9. The molecule has 0 aliphatic heterocycles. The van der Waals surface area contributed by atoms with Gasteiger partial charge in [-0.2, -0.15) is 0 Å². The first kappa shape index (κ1) is 15.2. The van der Waals surface area contributed by atoms with Crippen molar-refractivity contribution in [1.82, 2.24) is 14.5 Å². The standard InChI is InChI=1S/C20H18N4O/c25-20-23-18-17(24(20)14-16-9-5-2-6-10-16)11-12-21-19(18)22-13-15-7-3-1-4-8-15/h1-12H,13-14H2,(H,21,22)(H,23,25). The number of anilines is 1. The van der Waals surface area contributed by atoms with Crippen molar-refractivity contribution >= 4 is 16.9 Å². The van der Waals surface area contributed by atoms with Gasteiger partial charge < -0.3 is 10.3 Å². The lowest BCUT2D eigenvalue weighted by Gasteiger charge is -2.07. The summed E-state index contributed by atoms with van der Waals surface area (Å²) >= 11 is 0. The number of nitrogens with zero attached hydrogens (tertiary/aromatic N) is 2. The van der Waals surface area contributed by atoms with Crippen molar-refractivity contribution < 1.29 is 0 Å². The Morgan fingerprint density at radius 3 is 2.32 bits per heavy atom. The van der Waals surface area contributed by atoms with E-state index in [2.05, 4.69) is 27.4 Å². The van der Waals surface area contributed by atoms with Crippen LogP contribution in [0.4, 0.5) is 5.82 Å². The fourth-order valence-electron chi connectivity index (χ4n) is 2.92. The molecule has 0 aliphatic carbocycles. The third kappa shape index (κ3) is 3.17. The van der Waals surface area contributed by atoms with Crippen molar-refractivity contribution in [2.75, 3.05) is 5.32 Å². The van der Waals surface area contributed by atoms with Crippen LogP contribution in [0, 0.1) is 0 Å². The maximum Gasteiger partial charge on any atom is 0.326 e. The Morgan fingerprint density at radius 2 is 1.60 bits per heavy atom. The van der Waals surface area contributed by atoms with Gasteiger partial charge in [0.25, 0.3) is 0 Å². The Balaban J connectivity index is 1.66. The van der Waals surface area contributed by atoms with E-state index in [-0.39, 0.29) is 5.69 Å².